The van der Waals surface area contributed by atoms with Gasteiger partial charge in [0.2, 0.25) is 5.91 Å². The summed E-state index contributed by atoms with van der Waals surface area (Å²) in [7, 11) is 5.23. The predicted molar refractivity (Wildman–Crippen MR) is 130 cm³/mol. The maximum atomic E-state index is 12.6. The van der Waals surface area contributed by atoms with Crippen molar-refractivity contribution in [3.63, 3.8) is 0 Å². The van der Waals surface area contributed by atoms with Crippen LogP contribution in [-0.2, 0) is 11.8 Å². The van der Waals surface area contributed by atoms with Crippen molar-refractivity contribution in [1.29, 1.82) is 0 Å². The number of carbonyl (C=O) groups is 1. The van der Waals surface area contributed by atoms with Crippen LogP contribution in [0.15, 0.2) is 60.8 Å². The first-order valence-electron chi connectivity index (χ1n) is 10.6. The van der Waals surface area contributed by atoms with E-state index in [-0.39, 0.29) is 11.9 Å². The topological polar surface area (TPSA) is 81.1 Å². The Morgan fingerprint density at radius 3 is 2.61 bits per heavy atom. The molecular formula is C26H25N5O2. The predicted octanol–water partition coefficient (Wildman–Crippen LogP) is 3.59. The van der Waals surface area contributed by atoms with E-state index in [0.717, 1.165) is 27.6 Å². The highest BCUT2D eigenvalue weighted by Crippen LogP contribution is 2.38. The second-order valence-electron chi connectivity index (χ2n) is 7.56. The molecule has 0 spiro atoms. The SMILES string of the molecule is CN[C@H](C)C(=O)Nc1cc(-c2cccc3cnn(C)c23)c(OC)c(C#Cc2ccccc2)n1. The van der Waals surface area contributed by atoms with Gasteiger partial charge in [-0.2, -0.15) is 5.10 Å². The third-order valence-corrected chi connectivity index (χ3v) is 5.40. The maximum Gasteiger partial charge on any atom is 0.242 e. The Morgan fingerprint density at radius 2 is 1.88 bits per heavy atom. The summed E-state index contributed by atoms with van der Waals surface area (Å²) in [5, 5.41) is 11.2. The number of nitrogens with zero attached hydrogens (tertiary/aromatic N) is 3. The van der Waals surface area contributed by atoms with Gasteiger partial charge in [-0.3, -0.25) is 9.48 Å². The fraction of sp³-hybridized carbons (Fsp3) is 0.192. The van der Waals surface area contributed by atoms with Crippen molar-refractivity contribution in [3.05, 3.63) is 72.1 Å². The summed E-state index contributed by atoms with van der Waals surface area (Å²) in [5.74, 6) is 7.00. The molecule has 0 radical (unpaired) electrons. The fourth-order valence-corrected chi connectivity index (χ4v) is 3.56. The Bertz CT molecular complexity index is 1370. The molecule has 2 heterocycles. The molecule has 0 aliphatic carbocycles. The van der Waals surface area contributed by atoms with Gasteiger partial charge >= 0.3 is 0 Å². The monoisotopic (exact) mass is 439 g/mol. The minimum Gasteiger partial charge on any atom is -0.493 e. The van der Waals surface area contributed by atoms with E-state index < -0.39 is 0 Å². The number of fused-ring (bicyclic) bond motifs is 1. The van der Waals surface area contributed by atoms with E-state index in [1.807, 2.05) is 72.5 Å². The number of rotatable bonds is 5. The Morgan fingerprint density at radius 1 is 1.09 bits per heavy atom. The van der Waals surface area contributed by atoms with Crippen molar-refractivity contribution in [1.82, 2.24) is 20.1 Å². The van der Waals surface area contributed by atoms with Gasteiger partial charge in [-0.25, -0.2) is 4.98 Å². The van der Waals surface area contributed by atoms with Crippen LogP contribution in [-0.4, -0.2) is 40.9 Å². The molecule has 0 aliphatic heterocycles. The van der Waals surface area contributed by atoms with E-state index in [1.165, 1.54) is 0 Å². The number of anilines is 1. The molecule has 2 aromatic carbocycles. The molecule has 0 fully saturated rings. The number of carbonyl (C=O) groups excluding carboxylic acids is 1. The zero-order valence-electron chi connectivity index (χ0n) is 19.0. The van der Waals surface area contributed by atoms with Gasteiger partial charge in [-0.05, 0) is 38.1 Å². The summed E-state index contributed by atoms with van der Waals surface area (Å²) in [6, 6.07) is 17.1. The number of aromatic nitrogens is 3. The van der Waals surface area contributed by atoms with Gasteiger partial charge in [-0.1, -0.05) is 42.3 Å². The number of nitrogens with one attached hydrogen (secondary N) is 2. The molecule has 33 heavy (non-hydrogen) atoms. The van der Waals surface area contributed by atoms with Crippen molar-refractivity contribution in [2.24, 2.45) is 7.05 Å². The maximum absolute atomic E-state index is 12.6. The van der Waals surface area contributed by atoms with E-state index >= 15 is 0 Å². The minimum atomic E-state index is -0.378. The van der Waals surface area contributed by atoms with E-state index in [2.05, 4.69) is 32.6 Å². The van der Waals surface area contributed by atoms with Crippen LogP contribution in [0.2, 0.25) is 0 Å². The highest BCUT2D eigenvalue weighted by molar-refractivity contribution is 5.98. The number of hydrogen-bond donors (Lipinski definition) is 2. The summed E-state index contributed by atoms with van der Waals surface area (Å²) in [6.45, 7) is 1.78. The molecule has 4 rings (SSSR count). The summed E-state index contributed by atoms with van der Waals surface area (Å²) in [4.78, 5) is 17.2. The molecule has 0 saturated heterocycles. The number of benzene rings is 2. The highest BCUT2D eigenvalue weighted by Gasteiger charge is 2.19. The number of hydrogen-bond acceptors (Lipinski definition) is 5. The van der Waals surface area contributed by atoms with Crippen LogP contribution in [0.4, 0.5) is 5.82 Å². The quantitative estimate of drug-likeness (QED) is 0.465. The summed E-state index contributed by atoms with van der Waals surface area (Å²) >= 11 is 0. The van der Waals surface area contributed by atoms with Gasteiger partial charge in [0.15, 0.2) is 11.4 Å². The van der Waals surface area contributed by atoms with Gasteiger partial charge in [0, 0.05) is 29.1 Å². The first-order chi connectivity index (χ1) is 16.0. The summed E-state index contributed by atoms with van der Waals surface area (Å²) in [6.07, 6.45) is 1.82. The molecule has 166 valence electrons. The Kier molecular flexibility index (Phi) is 6.38. The van der Waals surface area contributed by atoms with Crippen LogP contribution >= 0.6 is 0 Å². The van der Waals surface area contributed by atoms with Crippen molar-refractivity contribution >= 4 is 22.6 Å². The molecule has 7 nitrogen and oxygen atoms in total. The number of methoxy groups -OCH3 is 1. The molecule has 2 aromatic heterocycles. The average Bonchev–Trinajstić information content (AvgIpc) is 3.23. The third-order valence-electron chi connectivity index (χ3n) is 5.40. The number of pyridine rings is 1. The van der Waals surface area contributed by atoms with Crippen molar-refractivity contribution in [2.75, 3.05) is 19.5 Å². The summed E-state index contributed by atoms with van der Waals surface area (Å²) in [5.41, 5.74) is 3.92. The van der Waals surface area contributed by atoms with Crippen LogP contribution in [0.25, 0.3) is 22.0 Å². The normalized spacial score (nSPS) is 11.5. The van der Waals surface area contributed by atoms with E-state index in [0.29, 0.717) is 17.3 Å². The van der Waals surface area contributed by atoms with Gasteiger partial charge in [-0.15, -0.1) is 0 Å². The average molecular weight is 440 g/mol. The van der Waals surface area contributed by atoms with E-state index in [1.54, 1.807) is 21.1 Å². The second-order valence-corrected chi connectivity index (χ2v) is 7.56. The molecule has 4 aromatic rings. The largest absolute Gasteiger partial charge is 0.493 e. The van der Waals surface area contributed by atoms with Crippen molar-refractivity contribution < 1.29 is 9.53 Å². The van der Waals surface area contributed by atoms with Crippen LogP contribution in [0.1, 0.15) is 18.2 Å². The Balaban J connectivity index is 1.92. The van der Waals surface area contributed by atoms with E-state index in [4.69, 9.17) is 4.74 Å². The Hall–Kier alpha value is -4.15. The van der Waals surface area contributed by atoms with Gasteiger partial charge < -0.3 is 15.4 Å². The molecule has 1 amide bonds. The van der Waals surface area contributed by atoms with Gasteiger partial charge in [0.1, 0.15) is 5.82 Å². The van der Waals surface area contributed by atoms with Crippen molar-refractivity contribution in [3.8, 4) is 28.7 Å². The number of ether oxygens (including phenoxy) is 1. The first kappa shape index (κ1) is 22.1. The van der Waals surface area contributed by atoms with Gasteiger partial charge in [0.25, 0.3) is 0 Å². The molecule has 0 aliphatic rings. The van der Waals surface area contributed by atoms with Gasteiger partial charge in [0.05, 0.1) is 24.9 Å². The lowest BCUT2D eigenvalue weighted by Gasteiger charge is -2.16. The fourth-order valence-electron chi connectivity index (χ4n) is 3.56. The van der Waals surface area contributed by atoms with Crippen LogP contribution in [0.5, 0.6) is 5.75 Å². The molecule has 0 saturated carbocycles. The molecule has 7 heteroatoms. The number of para-hydroxylation sites is 1. The zero-order valence-corrected chi connectivity index (χ0v) is 19.0. The number of aryl methyl sites for hydroxylation is 1. The third kappa shape index (κ3) is 4.56. The lowest BCUT2D eigenvalue weighted by Crippen LogP contribution is -2.35. The van der Waals surface area contributed by atoms with E-state index in [9.17, 15) is 4.79 Å². The lowest BCUT2D eigenvalue weighted by molar-refractivity contribution is -0.117. The standard InChI is InChI=1S/C26H25N5O2/c1-17(27-2)26(32)30-23-15-21(20-12-8-11-19-16-28-31(3)24(19)20)25(33-4)22(29-23)14-13-18-9-6-5-7-10-18/h5-12,15-17,27H,1-4H3,(H,29,30,32)/t17-/m1/s1. The highest BCUT2D eigenvalue weighted by atomic mass is 16.5. The lowest BCUT2D eigenvalue weighted by atomic mass is 10.0. The van der Waals surface area contributed by atoms with Crippen LogP contribution in [0, 0.1) is 11.8 Å². The molecule has 2 N–H and O–H groups in total. The molecule has 0 bridgehead atoms. The first-order valence-corrected chi connectivity index (χ1v) is 10.6. The Labute approximate surface area is 192 Å². The number of likely N-dealkylation sites (N-methyl/N-ethyl adjacent to an activating group) is 1. The summed E-state index contributed by atoms with van der Waals surface area (Å²) < 4.78 is 7.61. The van der Waals surface area contributed by atoms with Crippen molar-refractivity contribution in [2.45, 2.75) is 13.0 Å². The second kappa shape index (κ2) is 9.55. The molecular weight excluding hydrogens is 414 g/mol. The number of amides is 1. The zero-order chi connectivity index (χ0) is 23.4. The van der Waals surface area contributed by atoms with Crippen LogP contribution in [0.3, 0.4) is 0 Å². The van der Waals surface area contributed by atoms with Crippen LogP contribution < -0.4 is 15.4 Å². The molecule has 1 atom stereocenters. The molecule has 0 unspecified atom stereocenters. The minimum absolute atomic E-state index is 0.193. The smallest absolute Gasteiger partial charge is 0.242 e.